The van der Waals surface area contributed by atoms with Gasteiger partial charge in [-0.15, -0.1) is 4.83 Å². The highest BCUT2D eigenvalue weighted by Crippen LogP contribution is 2.21. The van der Waals surface area contributed by atoms with Crippen molar-refractivity contribution >= 4 is 15.9 Å². The van der Waals surface area contributed by atoms with E-state index in [4.69, 9.17) is 0 Å². The molecule has 0 aliphatic rings. The highest BCUT2D eigenvalue weighted by Gasteiger charge is 2.22. The summed E-state index contributed by atoms with van der Waals surface area (Å²) in [6, 6.07) is 9.08. The molecule has 1 heterocycles. The predicted octanol–water partition coefficient (Wildman–Crippen LogP) is 3.13. The molecule has 0 saturated carbocycles. The molecule has 0 fully saturated rings. The minimum atomic E-state index is -4.54. The summed E-state index contributed by atoms with van der Waals surface area (Å²) in [6.45, 7) is 3.35. The van der Waals surface area contributed by atoms with Crippen LogP contribution >= 0.6 is 0 Å². The summed E-state index contributed by atoms with van der Waals surface area (Å²) in [7, 11) is -4.54. The fraction of sp³-hybridized carbons (Fsp3) is 0.105. The van der Waals surface area contributed by atoms with Crippen LogP contribution in [0.2, 0.25) is 0 Å². The lowest BCUT2D eigenvalue weighted by Gasteiger charge is -2.11. The van der Waals surface area contributed by atoms with Gasteiger partial charge in [0, 0.05) is 17.1 Å². The standard InChI is InChI=1S/C19H16F3N3O3S/c1-11-9-16(12(2)25(11)15-6-3-13(20)4-7-15)19(26)23-24-29(27,28)18-10-14(21)5-8-17(18)22/h3-10,24H,1-2H3,(H,23,26). The van der Waals surface area contributed by atoms with Gasteiger partial charge in [0.05, 0.1) is 5.56 Å². The number of benzene rings is 2. The number of aryl methyl sites for hydroxylation is 1. The Bertz CT molecular complexity index is 1190. The van der Waals surface area contributed by atoms with E-state index in [-0.39, 0.29) is 5.56 Å². The molecule has 29 heavy (non-hydrogen) atoms. The lowest BCUT2D eigenvalue weighted by Crippen LogP contribution is -2.42. The summed E-state index contributed by atoms with van der Waals surface area (Å²) in [5.41, 5.74) is 3.87. The van der Waals surface area contributed by atoms with Gasteiger partial charge in [0.1, 0.15) is 22.3 Å². The number of hydrazine groups is 1. The Labute approximate surface area is 165 Å². The van der Waals surface area contributed by atoms with Crippen molar-refractivity contribution in [3.05, 3.63) is 82.9 Å². The fourth-order valence-corrected chi connectivity index (χ4v) is 3.83. The lowest BCUT2D eigenvalue weighted by molar-refractivity contribution is 0.0944. The molecule has 0 aliphatic carbocycles. The maximum atomic E-state index is 13.7. The molecule has 0 spiro atoms. The van der Waals surface area contributed by atoms with Crippen molar-refractivity contribution in [1.82, 2.24) is 14.8 Å². The monoisotopic (exact) mass is 423 g/mol. The molecular formula is C19H16F3N3O3S. The minimum Gasteiger partial charge on any atom is -0.318 e. The van der Waals surface area contributed by atoms with Gasteiger partial charge in [0.2, 0.25) is 0 Å². The summed E-state index contributed by atoms with van der Waals surface area (Å²) in [5, 5.41) is 0. The summed E-state index contributed by atoms with van der Waals surface area (Å²) in [6.07, 6.45) is 0. The van der Waals surface area contributed by atoms with Crippen molar-refractivity contribution in [2.75, 3.05) is 0 Å². The molecule has 0 radical (unpaired) electrons. The molecule has 3 aromatic rings. The maximum absolute atomic E-state index is 13.7. The van der Waals surface area contributed by atoms with Gasteiger partial charge in [-0.3, -0.25) is 10.2 Å². The van der Waals surface area contributed by atoms with E-state index in [1.54, 1.807) is 23.2 Å². The number of nitrogens with zero attached hydrogens (tertiary/aromatic N) is 1. The van der Waals surface area contributed by atoms with Crippen LogP contribution in [0.3, 0.4) is 0 Å². The Hall–Kier alpha value is -3.11. The maximum Gasteiger partial charge on any atom is 0.268 e. The largest absolute Gasteiger partial charge is 0.318 e. The van der Waals surface area contributed by atoms with Crippen molar-refractivity contribution in [2.45, 2.75) is 18.7 Å². The summed E-state index contributed by atoms with van der Waals surface area (Å²) in [5.74, 6) is -3.32. The van der Waals surface area contributed by atoms with Crippen LogP contribution in [0.4, 0.5) is 13.2 Å². The number of carbonyl (C=O) groups is 1. The minimum absolute atomic E-state index is 0.147. The van der Waals surface area contributed by atoms with Gasteiger partial charge in [0.25, 0.3) is 15.9 Å². The predicted molar refractivity (Wildman–Crippen MR) is 99.3 cm³/mol. The first-order valence-electron chi connectivity index (χ1n) is 8.32. The third kappa shape index (κ3) is 4.17. The van der Waals surface area contributed by atoms with E-state index in [0.29, 0.717) is 29.2 Å². The summed E-state index contributed by atoms with van der Waals surface area (Å²) >= 11 is 0. The average Bonchev–Trinajstić information content (AvgIpc) is 2.97. The van der Waals surface area contributed by atoms with Crippen molar-refractivity contribution in [2.24, 2.45) is 0 Å². The van der Waals surface area contributed by atoms with Gasteiger partial charge in [-0.05, 0) is 62.4 Å². The number of carbonyl (C=O) groups excluding carboxylic acids is 1. The van der Waals surface area contributed by atoms with Gasteiger partial charge in [-0.2, -0.15) is 0 Å². The van der Waals surface area contributed by atoms with Crippen LogP contribution < -0.4 is 10.3 Å². The number of amides is 1. The Balaban J connectivity index is 1.84. The number of hydrogen-bond acceptors (Lipinski definition) is 3. The van der Waals surface area contributed by atoms with Crippen molar-refractivity contribution < 1.29 is 26.4 Å². The first-order chi connectivity index (χ1) is 13.6. The smallest absolute Gasteiger partial charge is 0.268 e. The Morgan fingerprint density at radius 2 is 1.55 bits per heavy atom. The topological polar surface area (TPSA) is 80.2 Å². The zero-order valence-electron chi connectivity index (χ0n) is 15.3. The molecular weight excluding hydrogens is 407 g/mol. The summed E-state index contributed by atoms with van der Waals surface area (Å²) < 4.78 is 66.2. The second kappa shape index (κ2) is 7.72. The fourth-order valence-electron chi connectivity index (χ4n) is 2.90. The number of rotatable bonds is 5. The van der Waals surface area contributed by atoms with E-state index in [9.17, 15) is 26.4 Å². The van der Waals surface area contributed by atoms with E-state index in [1.807, 2.05) is 5.43 Å². The average molecular weight is 423 g/mol. The van der Waals surface area contributed by atoms with Crippen molar-refractivity contribution in [3.63, 3.8) is 0 Å². The number of halogens is 3. The van der Waals surface area contributed by atoms with Gasteiger partial charge >= 0.3 is 0 Å². The third-order valence-electron chi connectivity index (χ3n) is 4.24. The zero-order chi connectivity index (χ0) is 21.3. The van der Waals surface area contributed by atoms with Gasteiger partial charge in [-0.25, -0.2) is 21.6 Å². The third-order valence-corrected chi connectivity index (χ3v) is 5.50. The lowest BCUT2D eigenvalue weighted by atomic mass is 10.2. The van der Waals surface area contributed by atoms with Crippen LogP contribution in [0.1, 0.15) is 21.7 Å². The molecule has 0 atom stereocenters. The van der Waals surface area contributed by atoms with Gasteiger partial charge < -0.3 is 4.57 Å². The molecule has 2 aromatic carbocycles. The molecule has 0 bridgehead atoms. The SMILES string of the molecule is Cc1cc(C(=O)NNS(=O)(=O)c2cc(F)ccc2F)c(C)n1-c1ccc(F)cc1. The highest BCUT2D eigenvalue weighted by molar-refractivity contribution is 7.89. The van der Waals surface area contributed by atoms with E-state index in [0.717, 1.165) is 6.07 Å². The molecule has 6 nitrogen and oxygen atoms in total. The molecule has 2 N–H and O–H groups in total. The van der Waals surface area contributed by atoms with E-state index in [2.05, 4.69) is 0 Å². The first-order valence-corrected chi connectivity index (χ1v) is 9.80. The van der Waals surface area contributed by atoms with E-state index < -0.39 is 38.3 Å². The Morgan fingerprint density at radius 3 is 2.21 bits per heavy atom. The molecule has 152 valence electrons. The first kappa shape index (κ1) is 20.6. The van der Waals surface area contributed by atoms with Crippen LogP contribution in [0.15, 0.2) is 53.4 Å². The Morgan fingerprint density at radius 1 is 0.931 bits per heavy atom. The van der Waals surface area contributed by atoms with Crippen molar-refractivity contribution in [3.8, 4) is 5.69 Å². The molecule has 1 amide bonds. The number of sulfonamides is 1. The van der Waals surface area contributed by atoms with Crippen molar-refractivity contribution in [1.29, 1.82) is 0 Å². The molecule has 0 aliphatic heterocycles. The van der Waals surface area contributed by atoms with Crippen LogP contribution in [0.5, 0.6) is 0 Å². The highest BCUT2D eigenvalue weighted by atomic mass is 32.2. The number of hydrogen-bond donors (Lipinski definition) is 2. The van der Waals surface area contributed by atoms with E-state index in [1.165, 1.54) is 30.3 Å². The van der Waals surface area contributed by atoms with Gasteiger partial charge in [0.15, 0.2) is 0 Å². The molecule has 3 rings (SSSR count). The van der Waals surface area contributed by atoms with Crippen LogP contribution in [0, 0.1) is 31.3 Å². The normalized spacial score (nSPS) is 11.5. The second-order valence-corrected chi connectivity index (χ2v) is 7.88. The molecule has 10 heteroatoms. The number of aromatic nitrogens is 1. The van der Waals surface area contributed by atoms with E-state index >= 15 is 0 Å². The molecule has 0 unspecified atom stereocenters. The Kier molecular flexibility index (Phi) is 5.49. The second-order valence-electron chi connectivity index (χ2n) is 6.23. The van der Waals surface area contributed by atoms with Gasteiger partial charge in [-0.1, -0.05) is 0 Å². The van der Waals surface area contributed by atoms with Crippen LogP contribution in [-0.4, -0.2) is 18.9 Å². The molecule has 0 saturated heterocycles. The van der Waals surface area contributed by atoms with Crippen LogP contribution in [-0.2, 0) is 10.0 Å². The summed E-state index contributed by atoms with van der Waals surface area (Å²) in [4.78, 5) is 13.3. The number of nitrogens with one attached hydrogen (secondary N) is 2. The zero-order valence-corrected chi connectivity index (χ0v) is 16.1. The quantitative estimate of drug-likeness (QED) is 0.619. The van der Waals surface area contributed by atoms with Crippen LogP contribution in [0.25, 0.3) is 5.69 Å². The molecule has 1 aromatic heterocycles.